The van der Waals surface area contributed by atoms with E-state index in [1.165, 1.54) is 12.1 Å². The van der Waals surface area contributed by atoms with Gasteiger partial charge in [-0.05, 0) is 42.0 Å². The van der Waals surface area contributed by atoms with Crippen molar-refractivity contribution >= 4 is 11.8 Å². The monoisotopic (exact) mass is 459 g/mol. The Morgan fingerprint density at radius 2 is 1.68 bits per heavy atom. The molecular formula is C27H26FN3O3. The van der Waals surface area contributed by atoms with Crippen LogP contribution in [0.15, 0.2) is 54.6 Å². The highest BCUT2D eigenvalue weighted by molar-refractivity contribution is 6.06. The lowest BCUT2D eigenvalue weighted by molar-refractivity contribution is 0.0665. The molecule has 3 aliphatic rings. The van der Waals surface area contributed by atoms with Crippen LogP contribution in [0.3, 0.4) is 0 Å². The maximum atomic E-state index is 13.5. The minimum Gasteiger partial charge on any atom is -0.505 e. The summed E-state index contributed by atoms with van der Waals surface area (Å²) in [6, 6.07) is 15.9. The molecule has 6 rings (SSSR count). The molecule has 2 aromatic carbocycles. The van der Waals surface area contributed by atoms with E-state index in [1.807, 2.05) is 39.8 Å². The molecule has 0 radical (unpaired) electrons. The third-order valence-electron chi connectivity index (χ3n) is 7.24. The van der Waals surface area contributed by atoms with Gasteiger partial charge in [-0.2, -0.15) is 0 Å². The molecule has 1 aliphatic carbocycles. The Hall–Kier alpha value is -3.61. The van der Waals surface area contributed by atoms with Crippen molar-refractivity contribution in [1.29, 1.82) is 0 Å². The van der Waals surface area contributed by atoms with E-state index in [4.69, 9.17) is 0 Å². The fourth-order valence-electron chi connectivity index (χ4n) is 5.33. The summed E-state index contributed by atoms with van der Waals surface area (Å²) in [7, 11) is 0. The third-order valence-corrected chi connectivity index (χ3v) is 7.24. The molecule has 3 heterocycles. The molecule has 0 bridgehead atoms. The SMILES string of the molecule is O=C1c2c(O)c3n(c2CCN1Cc1ccc(F)cc1)C(c1ccccc1)CN(CC1CC1)C3=O. The van der Waals surface area contributed by atoms with Gasteiger partial charge in [0.2, 0.25) is 0 Å². The van der Waals surface area contributed by atoms with Crippen molar-refractivity contribution < 1.29 is 19.1 Å². The summed E-state index contributed by atoms with van der Waals surface area (Å²) in [5.74, 6) is -0.515. The highest BCUT2D eigenvalue weighted by Gasteiger charge is 2.43. The van der Waals surface area contributed by atoms with Crippen LogP contribution in [0.2, 0.25) is 0 Å². The first-order valence-electron chi connectivity index (χ1n) is 11.8. The fourth-order valence-corrected chi connectivity index (χ4v) is 5.33. The molecule has 1 aromatic heterocycles. The van der Waals surface area contributed by atoms with Gasteiger partial charge in [0, 0.05) is 38.3 Å². The molecule has 1 unspecified atom stereocenters. The predicted octanol–water partition coefficient (Wildman–Crippen LogP) is 3.99. The minimum atomic E-state index is -0.324. The third kappa shape index (κ3) is 3.47. The van der Waals surface area contributed by atoms with Gasteiger partial charge < -0.3 is 19.5 Å². The Labute approximate surface area is 197 Å². The summed E-state index contributed by atoms with van der Waals surface area (Å²) in [6.45, 7) is 2.00. The van der Waals surface area contributed by atoms with E-state index in [2.05, 4.69) is 0 Å². The van der Waals surface area contributed by atoms with Crippen molar-refractivity contribution in [2.45, 2.75) is 31.8 Å². The van der Waals surface area contributed by atoms with E-state index in [0.717, 1.165) is 29.7 Å². The van der Waals surface area contributed by atoms with Crippen LogP contribution in [0.4, 0.5) is 4.39 Å². The molecule has 0 saturated heterocycles. The Bertz CT molecular complexity index is 1260. The average Bonchev–Trinajstić information content (AvgIpc) is 3.61. The Kier molecular flexibility index (Phi) is 4.94. The zero-order chi connectivity index (χ0) is 23.4. The van der Waals surface area contributed by atoms with Crippen LogP contribution < -0.4 is 0 Å². The van der Waals surface area contributed by atoms with Crippen molar-refractivity contribution in [3.63, 3.8) is 0 Å². The quantitative estimate of drug-likeness (QED) is 0.628. The van der Waals surface area contributed by atoms with Crippen LogP contribution in [-0.4, -0.2) is 50.9 Å². The van der Waals surface area contributed by atoms with Crippen molar-refractivity contribution in [2.75, 3.05) is 19.6 Å². The number of fused-ring (bicyclic) bond motifs is 3. The summed E-state index contributed by atoms with van der Waals surface area (Å²) in [5.41, 5.74) is 3.04. The number of hydrogen-bond donors (Lipinski definition) is 1. The molecule has 2 amide bonds. The number of rotatable bonds is 5. The van der Waals surface area contributed by atoms with Gasteiger partial charge in [-0.3, -0.25) is 9.59 Å². The molecule has 6 nitrogen and oxygen atoms in total. The minimum absolute atomic E-state index is 0.154. The molecule has 3 aromatic rings. The molecule has 7 heteroatoms. The molecule has 1 fully saturated rings. The summed E-state index contributed by atoms with van der Waals surface area (Å²) >= 11 is 0. The first kappa shape index (κ1) is 21.0. The second kappa shape index (κ2) is 8.01. The van der Waals surface area contributed by atoms with Gasteiger partial charge in [-0.25, -0.2) is 4.39 Å². The van der Waals surface area contributed by atoms with Gasteiger partial charge in [0.25, 0.3) is 11.8 Å². The van der Waals surface area contributed by atoms with Crippen LogP contribution in [0.25, 0.3) is 0 Å². The summed E-state index contributed by atoms with van der Waals surface area (Å²) in [4.78, 5) is 30.5. The maximum Gasteiger partial charge on any atom is 0.274 e. The molecule has 2 aliphatic heterocycles. The second-order valence-electron chi connectivity index (χ2n) is 9.57. The largest absolute Gasteiger partial charge is 0.505 e. The van der Waals surface area contributed by atoms with Crippen molar-refractivity contribution in [2.24, 2.45) is 5.92 Å². The number of carbonyl (C=O) groups excluding carboxylic acids is 2. The molecule has 174 valence electrons. The summed E-state index contributed by atoms with van der Waals surface area (Å²) < 4.78 is 15.2. The normalized spacial score (nSPS) is 19.9. The van der Waals surface area contributed by atoms with Crippen LogP contribution in [0, 0.1) is 11.7 Å². The number of hydrogen-bond acceptors (Lipinski definition) is 3. The number of aromatic nitrogens is 1. The van der Waals surface area contributed by atoms with Crippen LogP contribution in [-0.2, 0) is 13.0 Å². The van der Waals surface area contributed by atoms with Gasteiger partial charge in [-0.1, -0.05) is 42.5 Å². The fraction of sp³-hybridized carbons (Fsp3) is 0.333. The number of carbonyl (C=O) groups is 2. The van der Waals surface area contributed by atoms with Crippen molar-refractivity contribution in [3.8, 4) is 5.75 Å². The number of amides is 2. The molecule has 34 heavy (non-hydrogen) atoms. The van der Waals surface area contributed by atoms with E-state index >= 15 is 0 Å². The number of nitrogens with zero attached hydrogens (tertiary/aromatic N) is 3. The zero-order valence-electron chi connectivity index (χ0n) is 18.8. The van der Waals surface area contributed by atoms with Gasteiger partial charge in [-0.15, -0.1) is 0 Å². The van der Waals surface area contributed by atoms with Gasteiger partial charge >= 0.3 is 0 Å². The van der Waals surface area contributed by atoms with E-state index < -0.39 is 0 Å². The van der Waals surface area contributed by atoms with E-state index in [0.29, 0.717) is 38.5 Å². The zero-order valence-corrected chi connectivity index (χ0v) is 18.8. The van der Waals surface area contributed by atoms with Crippen LogP contribution in [0.5, 0.6) is 5.75 Å². The van der Waals surface area contributed by atoms with Gasteiger partial charge in [0.1, 0.15) is 11.4 Å². The first-order valence-corrected chi connectivity index (χ1v) is 11.8. The van der Waals surface area contributed by atoms with Gasteiger partial charge in [0.15, 0.2) is 11.4 Å². The van der Waals surface area contributed by atoms with Gasteiger partial charge in [0.05, 0.1) is 6.04 Å². The highest BCUT2D eigenvalue weighted by Crippen LogP contribution is 2.42. The molecule has 1 atom stereocenters. The summed E-state index contributed by atoms with van der Waals surface area (Å²) in [6.07, 6.45) is 2.79. The van der Waals surface area contributed by atoms with E-state index in [-0.39, 0.29) is 40.7 Å². The molecule has 0 spiro atoms. The lowest BCUT2D eigenvalue weighted by Gasteiger charge is -2.37. The van der Waals surface area contributed by atoms with E-state index in [9.17, 15) is 19.1 Å². The standard InChI is InChI=1S/C27H26FN3O3/c28-20-10-8-18(9-11-20)14-29-13-12-21-23(26(29)33)25(32)24-27(34)30(15-17-6-7-17)16-22(31(21)24)19-4-2-1-3-5-19/h1-5,8-11,17,22,32H,6-7,12-16H2. The molecule has 1 N–H and O–H groups in total. The lowest BCUT2D eigenvalue weighted by atomic mass is 10.0. The topological polar surface area (TPSA) is 65.8 Å². The maximum absolute atomic E-state index is 13.5. The van der Waals surface area contributed by atoms with Crippen LogP contribution in [0.1, 0.15) is 56.6 Å². The smallest absolute Gasteiger partial charge is 0.274 e. The number of benzene rings is 2. The first-order chi connectivity index (χ1) is 16.5. The molecule has 1 saturated carbocycles. The average molecular weight is 460 g/mol. The number of aromatic hydroxyl groups is 1. The Balaban J connectivity index is 1.41. The lowest BCUT2D eigenvalue weighted by Crippen LogP contribution is -2.45. The Morgan fingerprint density at radius 1 is 0.941 bits per heavy atom. The van der Waals surface area contributed by atoms with E-state index in [1.54, 1.807) is 17.0 Å². The van der Waals surface area contributed by atoms with Crippen molar-refractivity contribution in [3.05, 3.63) is 88.5 Å². The van der Waals surface area contributed by atoms with Crippen molar-refractivity contribution in [1.82, 2.24) is 14.4 Å². The van der Waals surface area contributed by atoms with Crippen LogP contribution >= 0.6 is 0 Å². The highest BCUT2D eigenvalue weighted by atomic mass is 19.1. The Morgan fingerprint density at radius 3 is 2.38 bits per heavy atom. The summed E-state index contributed by atoms with van der Waals surface area (Å²) in [5, 5.41) is 11.2. The predicted molar refractivity (Wildman–Crippen MR) is 124 cm³/mol. The second-order valence-corrected chi connectivity index (χ2v) is 9.57. The molecular weight excluding hydrogens is 433 g/mol. The number of halogens is 1.